The number of hydrogen-bond acceptors (Lipinski definition) is 5. The van der Waals surface area contributed by atoms with E-state index in [0.29, 0.717) is 11.5 Å². The van der Waals surface area contributed by atoms with Crippen molar-refractivity contribution in [2.45, 2.75) is 0 Å². The first-order valence-electron chi connectivity index (χ1n) is 7.15. The van der Waals surface area contributed by atoms with Gasteiger partial charge in [0.1, 0.15) is 5.75 Å². The van der Waals surface area contributed by atoms with Crippen molar-refractivity contribution in [2.75, 3.05) is 20.8 Å². The maximum atomic E-state index is 11.8. The molecule has 132 valence electrons. The molecule has 2 aromatic carbocycles. The van der Waals surface area contributed by atoms with Gasteiger partial charge in [0.25, 0.3) is 5.91 Å². The van der Waals surface area contributed by atoms with Crippen LogP contribution in [-0.2, 0) is 4.79 Å². The lowest BCUT2D eigenvalue weighted by Crippen LogP contribution is -2.24. The first-order valence-corrected chi connectivity index (χ1v) is 8.74. The van der Waals surface area contributed by atoms with E-state index >= 15 is 0 Å². The highest BCUT2D eigenvalue weighted by Crippen LogP contribution is 2.30. The molecular weight excluding hydrogens is 456 g/mol. The SMILES string of the molecule is COc1ccc(C=NNC(=O)COc2ccc(Br)cc2OC)cc1Br. The van der Waals surface area contributed by atoms with Crippen LogP contribution < -0.4 is 19.6 Å². The average molecular weight is 472 g/mol. The van der Waals surface area contributed by atoms with Gasteiger partial charge in [0.05, 0.1) is 24.9 Å². The average Bonchev–Trinajstić information content (AvgIpc) is 2.60. The second-order valence-electron chi connectivity index (χ2n) is 4.77. The normalized spacial score (nSPS) is 10.6. The molecule has 0 heterocycles. The Bertz CT molecular complexity index is 781. The van der Waals surface area contributed by atoms with Gasteiger partial charge in [-0.3, -0.25) is 4.79 Å². The zero-order valence-corrected chi connectivity index (χ0v) is 16.8. The minimum absolute atomic E-state index is 0.179. The zero-order valence-electron chi connectivity index (χ0n) is 13.6. The number of benzene rings is 2. The van der Waals surface area contributed by atoms with E-state index in [1.807, 2.05) is 12.1 Å². The lowest BCUT2D eigenvalue weighted by molar-refractivity contribution is -0.123. The number of nitrogens with one attached hydrogen (secondary N) is 1. The predicted molar refractivity (Wildman–Crippen MR) is 103 cm³/mol. The number of halogens is 2. The summed E-state index contributed by atoms with van der Waals surface area (Å²) in [5.41, 5.74) is 3.22. The molecule has 8 heteroatoms. The van der Waals surface area contributed by atoms with Crippen LogP contribution in [0.4, 0.5) is 0 Å². The summed E-state index contributed by atoms with van der Waals surface area (Å²) in [5, 5.41) is 3.90. The van der Waals surface area contributed by atoms with Crippen molar-refractivity contribution in [3.8, 4) is 17.2 Å². The first-order chi connectivity index (χ1) is 12.0. The minimum atomic E-state index is -0.381. The third-order valence-corrected chi connectivity index (χ3v) is 4.18. The lowest BCUT2D eigenvalue weighted by Gasteiger charge is -2.10. The summed E-state index contributed by atoms with van der Waals surface area (Å²) in [6, 6.07) is 10.7. The first kappa shape index (κ1) is 19.3. The van der Waals surface area contributed by atoms with Gasteiger partial charge in [0.15, 0.2) is 18.1 Å². The quantitative estimate of drug-likeness (QED) is 0.493. The smallest absolute Gasteiger partial charge is 0.277 e. The van der Waals surface area contributed by atoms with Crippen LogP contribution in [0.3, 0.4) is 0 Å². The monoisotopic (exact) mass is 470 g/mol. The molecule has 0 aliphatic rings. The van der Waals surface area contributed by atoms with E-state index in [1.54, 1.807) is 31.4 Å². The van der Waals surface area contributed by atoms with Crippen LogP contribution in [0.5, 0.6) is 17.2 Å². The second-order valence-corrected chi connectivity index (χ2v) is 6.54. The molecule has 0 aromatic heterocycles. The van der Waals surface area contributed by atoms with Crippen LogP contribution in [-0.4, -0.2) is 32.9 Å². The molecule has 6 nitrogen and oxygen atoms in total. The Hall–Kier alpha value is -2.06. The van der Waals surface area contributed by atoms with Crippen molar-refractivity contribution in [2.24, 2.45) is 5.10 Å². The van der Waals surface area contributed by atoms with Gasteiger partial charge in [-0.2, -0.15) is 5.10 Å². The molecule has 0 fully saturated rings. The highest BCUT2D eigenvalue weighted by atomic mass is 79.9. The Balaban J connectivity index is 1.87. The molecule has 0 saturated carbocycles. The largest absolute Gasteiger partial charge is 0.496 e. The zero-order chi connectivity index (χ0) is 18.2. The van der Waals surface area contributed by atoms with E-state index in [9.17, 15) is 4.79 Å². The maximum Gasteiger partial charge on any atom is 0.277 e. The third kappa shape index (κ3) is 5.75. The molecule has 0 saturated heterocycles. The number of nitrogens with zero attached hydrogens (tertiary/aromatic N) is 1. The summed E-state index contributed by atoms with van der Waals surface area (Å²) < 4.78 is 17.4. The number of rotatable bonds is 7. The molecule has 0 unspecified atom stereocenters. The van der Waals surface area contributed by atoms with Crippen molar-refractivity contribution in [3.05, 3.63) is 50.9 Å². The number of hydrogen-bond donors (Lipinski definition) is 1. The highest BCUT2D eigenvalue weighted by molar-refractivity contribution is 9.10. The Kier molecular flexibility index (Phi) is 7.27. The number of methoxy groups -OCH3 is 2. The molecular formula is C17H16Br2N2O4. The van der Waals surface area contributed by atoms with E-state index in [4.69, 9.17) is 14.2 Å². The van der Waals surface area contributed by atoms with Crippen LogP contribution in [0.2, 0.25) is 0 Å². The molecule has 2 rings (SSSR count). The number of ether oxygens (including phenoxy) is 3. The topological polar surface area (TPSA) is 69.2 Å². The molecule has 2 aromatic rings. The van der Waals surface area contributed by atoms with Crippen molar-refractivity contribution in [1.82, 2.24) is 5.43 Å². The van der Waals surface area contributed by atoms with E-state index in [-0.39, 0.29) is 12.5 Å². The van der Waals surface area contributed by atoms with Crippen molar-refractivity contribution in [3.63, 3.8) is 0 Å². The van der Waals surface area contributed by atoms with Crippen LogP contribution >= 0.6 is 31.9 Å². The second kappa shape index (κ2) is 9.43. The highest BCUT2D eigenvalue weighted by Gasteiger charge is 2.07. The predicted octanol–water partition coefficient (Wildman–Crippen LogP) is 3.76. The van der Waals surface area contributed by atoms with Gasteiger partial charge in [0.2, 0.25) is 0 Å². The molecule has 0 bridgehead atoms. The van der Waals surface area contributed by atoms with Crippen LogP contribution in [0, 0.1) is 0 Å². The number of hydrazone groups is 1. The molecule has 0 radical (unpaired) electrons. The molecule has 1 amide bonds. The van der Waals surface area contributed by atoms with E-state index in [0.717, 1.165) is 20.3 Å². The van der Waals surface area contributed by atoms with Gasteiger partial charge >= 0.3 is 0 Å². The molecule has 0 atom stereocenters. The molecule has 1 N–H and O–H groups in total. The standard InChI is InChI=1S/C17H16Br2N2O4/c1-23-14-5-3-11(7-13(14)19)9-20-21-17(22)10-25-15-6-4-12(18)8-16(15)24-2/h3-9H,10H2,1-2H3,(H,21,22). The molecule has 25 heavy (non-hydrogen) atoms. The summed E-state index contributed by atoms with van der Waals surface area (Å²) >= 11 is 6.73. The van der Waals surface area contributed by atoms with E-state index in [1.165, 1.54) is 13.3 Å². The fourth-order valence-corrected chi connectivity index (χ4v) is 2.78. The van der Waals surface area contributed by atoms with E-state index in [2.05, 4.69) is 42.4 Å². The number of carbonyl (C=O) groups is 1. The van der Waals surface area contributed by atoms with Gasteiger partial charge in [0, 0.05) is 4.47 Å². The van der Waals surface area contributed by atoms with Gasteiger partial charge in [-0.05, 0) is 57.9 Å². The lowest BCUT2D eigenvalue weighted by atomic mass is 10.2. The van der Waals surface area contributed by atoms with Crippen molar-refractivity contribution < 1.29 is 19.0 Å². The Morgan fingerprint density at radius 3 is 2.48 bits per heavy atom. The van der Waals surface area contributed by atoms with E-state index < -0.39 is 0 Å². The van der Waals surface area contributed by atoms with Gasteiger partial charge < -0.3 is 14.2 Å². The third-order valence-electron chi connectivity index (χ3n) is 3.06. The Morgan fingerprint density at radius 2 is 1.80 bits per heavy atom. The van der Waals surface area contributed by atoms with Crippen molar-refractivity contribution in [1.29, 1.82) is 0 Å². The molecule has 0 aliphatic carbocycles. The van der Waals surface area contributed by atoms with Gasteiger partial charge in [-0.15, -0.1) is 0 Å². The summed E-state index contributed by atoms with van der Waals surface area (Å²) in [6.07, 6.45) is 1.53. The van der Waals surface area contributed by atoms with Gasteiger partial charge in [-0.1, -0.05) is 15.9 Å². The maximum absolute atomic E-state index is 11.8. The van der Waals surface area contributed by atoms with Gasteiger partial charge in [-0.25, -0.2) is 5.43 Å². The summed E-state index contributed by atoms with van der Waals surface area (Å²) in [4.78, 5) is 11.8. The number of carbonyl (C=O) groups excluding carboxylic acids is 1. The fourth-order valence-electron chi connectivity index (χ4n) is 1.88. The molecule has 0 aliphatic heterocycles. The number of amides is 1. The van der Waals surface area contributed by atoms with Crippen molar-refractivity contribution >= 4 is 44.0 Å². The van der Waals surface area contributed by atoms with Crippen LogP contribution in [0.1, 0.15) is 5.56 Å². The fraction of sp³-hybridized carbons (Fsp3) is 0.176. The molecule has 0 spiro atoms. The Labute approximate surface area is 162 Å². The summed E-state index contributed by atoms with van der Waals surface area (Å²) in [6.45, 7) is -0.179. The van der Waals surface area contributed by atoms with Crippen LogP contribution in [0.15, 0.2) is 50.4 Å². The summed E-state index contributed by atoms with van der Waals surface area (Å²) in [7, 11) is 3.13. The minimum Gasteiger partial charge on any atom is -0.496 e. The Morgan fingerprint density at radius 1 is 1.08 bits per heavy atom. The van der Waals surface area contributed by atoms with Crippen LogP contribution in [0.25, 0.3) is 0 Å². The summed E-state index contributed by atoms with van der Waals surface area (Å²) in [5.74, 6) is 1.35.